The molecule has 1 amide bonds. The zero-order chi connectivity index (χ0) is 18.6. The lowest BCUT2D eigenvalue weighted by molar-refractivity contribution is -0.144. The highest BCUT2D eigenvalue weighted by Crippen LogP contribution is 2.30. The summed E-state index contributed by atoms with van der Waals surface area (Å²) >= 11 is 6.17. The minimum Gasteiger partial charge on any atom is -0.465 e. The number of furan rings is 1. The molecule has 0 atom stereocenters. The molecule has 5 nitrogen and oxygen atoms in total. The van der Waals surface area contributed by atoms with Crippen molar-refractivity contribution in [1.29, 1.82) is 0 Å². The molecule has 1 aromatic heterocycles. The van der Waals surface area contributed by atoms with Crippen molar-refractivity contribution in [1.82, 2.24) is 4.90 Å². The summed E-state index contributed by atoms with van der Waals surface area (Å²) in [5.74, 6) is -0.185. The van der Waals surface area contributed by atoms with Gasteiger partial charge < -0.3 is 14.1 Å². The molecule has 134 valence electrons. The van der Waals surface area contributed by atoms with E-state index in [9.17, 15) is 9.59 Å². The number of nitrogens with zero attached hydrogens (tertiary/aromatic N) is 1. The molecule has 6 heteroatoms. The fraction of sp³-hybridized carbons (Fsp3) is 0.368. The van der Waals surface area contributed by atoms with Gasteiger partial charge in [0.05, 0.1) is 11.6 Å². The summed E-state index contributed by atoms with van der Waals surface area (Å²) in [4.78, 5) is 26.1. The summed E-state index contributed by atoms with van der Waals surface area (Å²) in [5.41, 5.74) is 0.136. The maximum Gasteiger partial charge on any atom is 0.325 e. The molecule has 0 aliphatic rings. The van der Waals surface area contributed by atoms with Crippen molar-refractivity contribution in [2.75, 3.05) is 13.2 Å². The van der Waals surface area contributed by atoms with Gasteiger partial charge in [0, 0.05) is 11.1 Å². The summed E-state index contributed by atoms with van der Waals surface area (Å²) in [5, 5.41) is 0.537. The minimum atomic E-state index is -0.568. The van der Waals surface area contributed by atoms with Crippen molar-refractivity contribution in [2.24, 2.45) is 0 Å². The van der Waals surface area contributed by atoms with E-state index in [1.165, 1.54) is 4.90 Å². The first kappa shape index (κ1) is 19.1. The monoisotopic (exact) mass is 363 g/mol. The standard InChI is InChI=1S/C19H22ClNO4/c1-5-24-17(22)12-21(19(2,3)4)18(23)16-11-10-15(25-16)13-8-6-7-9-14(13)20/h6-11H,5,12H2,1-4H3. The third-order valence-corrected chi connectivity index (χ3v) is 3.93. The molecule has 0 aliphatic heterocycles. The number of rotatable bonds is 5. The molecule has 1 aromatic carbocycles. The Morgan fingerprint density at radius 1 is 1.16 bits per heavy atom. The summed E-state index contributed by atoms with van der Waals surface area (Å²) in [6.07, 6.45) is 0. The van der Waals surface area contributed by atoms with Gasteiger partial charge in [-0.05, 0) is 52.0 Å². The van der Waals surface area contributed by atoms with Crippen LogP contribution in [0.4, 0.5) is 0 Å². The third-order valence-electron chi connectivity index (χ3n) is 3.60. The van der Waals surface area contributed by atoms with Gasteiger partial charge in [-0.25, -0.2) is 0 Å². The summed E-state index contributed by atoms with van der Waals surface area (Å²) in [6, 6.07) is 10.5. The second-order valence-electron chi connectivity index (χ2n) is 6.51. The lowest BCUT2D eigenvalue weighted by atomic mass is 10.1. The van der Waals surface area contributed by atoms with Crippen molar-refractivity contribution in [3.05, 3.63) is 47.2 Å². The predicted octanol–water partition coefficient (Wildman–Crippen LogP) is 4.40. The Kier molecular flexibility index (Phi) is 5.90. The zero-order valence-electron chi connectivity index (χ0n) is 14.8. The molecule has 0 radical (unpaired) electrons. The van der Waals surface area contributed by atoms with Crippen molar-refractivity contribution in [3.63, 3.8) is 0 Å². The molecule has 0 N–H and O–H groups in total. The van der Waals surface area contributed by atoms with Crippen LogP contribution in [0.3, 0.4) is 0 Å². The Morgan fingerprint density at radius 3 is 2.44 bits per heavy atom. The van der Waals surface area contributed by atoms with Crippen LogP contribution in [0.5, 0.6) is 0 Å². The highest BCUT2D eigenvalue weighted by atomic mass is 35.5. The molecule has 0 spiro atoms. The average molecular weight is 364 g/mol. The smallest absolute Gasteiger partial charge is 0.325 e. The molecule has 0 bridgehead atoms. The highest BCUT2D eigenvalue weighted by molar-refractivity contribution is 6.33. The molecule has 1 heterocycles. The van der Waals surface area contributed by atoms with Crippen LogP contribution in [-0.2, 0) is 9.53 Å². The van der Waals surface area contributed by atoms with Crippen molar-refractivity contribution >= 4 is 23.5 Å². The van der Waals surface area contributed by atoms with Gasteiger partial charge in [-0.2, -0.15) is 0 Å². The number of esters is 1. The van der Waals surface area contributed by atoms with E-state index in [1.807, 2.05) is 39.0 Å². The maximum absolute atomic E-state index is 12.9. The maximum atomic E-state index is 12.9. The van der Waals surface area contributed by atoms with Gasteiger partial charge in [-0.3, -0.25) is 9.59 Å². The molecule has 25 heavy (non-hydrogen) atoms. The molecular weight excluding hydrogens is 342 g/mol. The SMILES string of the molecule is CCOC(=O)CN(C(=O)c1ccc(-c2ccccc2Cl)o1)C(C)(C)C. The van der Waals surface area contributed by atoms with Crippen molar-refractivity contribution in [3.8, 4) is 11.3 Å². The van der Waals surface area contributed by atoms with Crippen molar-refractivity contribution in [2.45, 2.75) is 33.2 Å². The summed E-state index contributed by atoms with van der Waals surface area (Å²) in [6.45, 7) is 7.40. The Bertz CT molecular complexity index is 761. The number of carbonyl (C=O) groups is 2. The average Bonchev–Trinajstić information content (AvgIpc) is 3.01. The molecule has 2 aromatic rings. The number of hydrogen-bond acceptors (Lipinski definition) is 4. The molecule has 2 rings (SSSR count). The Morgan fingerprint density at radius 2 is 1.84 bits per heavy atom. The van der Waals surface area contributed by atoms with Crippen molar-refractivity contribution < 1.29 is 18.7 Å². The van der Waals surface area contributed by atoms with Crippen LogP contribution in [0.25, 0.3) is 11.3 Å². The Labute approximate surface area is 152 Å². The lowest BCUT2D eigenvalue weighted by Crippen LogP contribution is -2.48. The molecular formula is C19H22ClNO4. The van der Waals surface area contributed by atoms with Gasteiger partial charge in [-0.1, -0.05) is 23.7 Å². The van der Waals surface area contributed by atoms with Gasteiger partial charge in [0.2, 0.25) is 0 Å². The molecule has 0 saturated heterocycles. The Hall–Kier alpha value is -2.27. The van der Waals surface area contributed by atoms with E-state index < -0.39 is 11.5 Å². The van der Waals surface area contributed by atoms with E-state index in [4.69, 9.17) is 20.8 Å². The fourth-order valence-corrected chi connectivity index (χ4v) is 2.57. The fourth-order valence-electron chi connectivity index (χ4n) is 2.34. The topological polar surface area (TPSA) is 59.8 Å². The Balaban J connectivity index is 2.28. The van der Waals surface area contributed by atoms with Gasteiger partial charge >= 0.3 is 5.97 Å². The number of carbonyl (C=O) groups excluding carboxylic acids is 2. The van der Waals surface area contributed by atoms with Crippen LogP contribution in [0.2, 0.25) is 5.02 Å². The van der Waals surface area contributed by atoms with Gasteiger partial charge in [0.15, 0.2) is 5.76 Å². The first-order chi connectivity index (χ1) is 11.7. The molecule has 0 fully saturated rings. The van der Waals surface area contributed by atoms with Crippen LogP contribution in [-0.4, -0.2) is 35.5 Å². The van der Waals surface area contributed by atoms with E-state index >= 15 is 0 Å². The van der Waals surface area contributed by atoms with Crippen LogP contribution >= 0.6 is 11.6 Å². The molecule has 0 saturated carbocycles. The highest BCUT2D eigenvalue weighted by Gasteiger charge is 2.31. The summed E-state index contributed by atoms with van der Waals surface area (Å²) in [7, 11) is 0. The van der Waals surface area contributed by atoms with Crippen LogP contribution in [0.1, 0.15) is 38.2 Å². The van der Waals surface area contributed by atoms with Gasteiger partial charge in [0.25, 0.3) is 5.91 Å². The zero-order valence-corrected chi connectivity index (χ0v) is 15.6. The van der Waals surface area contributed by atoms with Crippen LogP contribution in [0.15, 0.2) is 40.8 Å². The minimum absolute atomic E-state index is 0.141. The van der Waals surface area contributed by atoms with Crippen LogP contribution in [0, 0.1) is 0 Å². The first-order valence-corrected chi connectivity index (χ1v) is 8.44. The van der Waals surface area contributed by atoms with E-state index in [1.54, 1.807) is 25.1 Å². The first-order valence-electron chi connectivity index (χ1n) is 8.06. The van der Waals surface area contributed by atoms with Crippen LogP contribution < -0.4 is 0 Å². The van der Waals surface area contributed by atoms with Gasteiger partial charge in [0.1, 0.15) is 12.3 Å². The van der Waals surface area contributed by atoms with E-state index in [0.717, 1.165) is 0 Å². The quantitative estimate of drug-likeness (QED) is 0.738. The number of hydrogen-bond donors (Lipinski definition) is 0. The molecule has 0 aliphatic carbocycles. The second kappa shape index (κ2) is 7.74. The lowest BCUT2D eigenvalue weighted by Gasteiger charge is -2.34. The van der Waals surface area contributed by atoms with Gasteiger partial charge in [-0.15, -0.1) is 0 Å². The van der Waals surface area contributed by atoms with E-state index in [2.05, 4.69) is 0 Å². The number of halogens is 1. The largest absolute Gasteiger partial charge is 0.465 e. The molecule has 0 unspecified atom stereocenters. The second-order valence-corrected chi connectivity index (χ2v) is 6.92. The number of ether oxygens (including phenoxy) is 1. The third kappa shape index (κ3) is 4.63. The van der Waals surface area contributed by atoms with E-state index in [0.29, 0.717) is 16.3 Å². The summed E-state index contributed by atoms with van der Waals surface area (Å²) < 4.78 is 10.7. The van der Waals surface area contributed by atoms with E-state index in [-0.39, 0.29) is 24.8 Å². The normalized spacial score (nSPS) is 11.2. The number of benzene rings is 1. The predicted molar refractivity (Wildman–Crippen MR) is 96.6 cm³/mol. The number of amides is 1.